The maximum absolute atomic E-state index is 12.2. The molecule has 0 unspecified atom stereocenters. The summed E-state index contributed by atoms with van der Waals surface area (Å²) in [5, 5.41) is 0. The molecule has 0 saturated carbocycles. The molecule has 96 valence electrons. The molecule has 0 atom stereocenters. The first-order valence-electron chi connectivity index (χ1n) is 4.48. The van der Waals surface area contributed by atoms with Crippen LogP contribution < -0.4 is 19.9 Å². The molecule has 0 radical (unpaired) electrons. The Balaban J connectivity index is 3.30. The molecule has 0 aliphatic rings. The molecule has 8 heteroatoms. The van der Waals surface area contributed by atoms with Crippen LogP contribution in [0.5, 0.6) is 17.4 Å². The van der Waals surface area contributed by atoms with Gasteiger partial charge in [-0.3, -0.25) is 0 Å². The summed E-state index contributed by atoms with van der Waals surface area (Å²) in [6, 6.07) is 0. The van der Waals surface area contributed by atoms with Gasteiger partial charge in [0, 0.05) is 6.54 Å². The lowest BCUT2D eigenvalue weighted by Gasteiger charge is -2.16. The van der Waals surface area contributed by atoms with E-state index in [2.05, 4.69) is 14.5 Å². The third-order valence-electron chi connectivity index (χ3n) is 1.90. The minimum Gasteiger partial charge on any atom is -0.495 e. The summed E-state index contributed by atoms with van der Waals surface area (Å²) in [4.78, 5) is 3.63. The molecule has 1 aromatic rings. The highest BCUT2D eigenvalue weighted by Gasteiger charge is 2.34. The quantitative estimate of drug-likeness (QED) is 0.878. The van der Waals surface area contributed by atoms with Gasteiger partial charge >= 0.3 is 6.36 Å². The zero-order valence-corrected chi connectivity index (χ0v) is 9.17. The van der Waals surface area contributed by atoms with Crippen LogP contribution in [0.2, 0.25) is 0 Å². The summed E-state index contributed by atoms with van der Waals surface area (Å²) in [6.07, 6.45) is -3.64. The zero-order chi connectivity index (χ0) is 13.1. The average Bonchev–Trinajstić information content (AvgIpc) is 2.26. The highest BCUT2D eigenvalue weighted by Crippen LogP contribution is 2.38. The first-order chi connectivity index (χ1) is 7.92. The van der Waals surface area contributed by atoms with Crippen molar-refractivity contribution >= 4 is 0 Å². The maximum atomic E-state index is 12.2. The van der Waals surface area contributed by atoms with E-state index in [1.165, 1.54) is 20.4 Å². The van der Waals surface area contributed by atoms with Gasteiger partial charge in [0.15, 0.2) is 5.75 Å². The van der Waals surface area contributed by atoms with E-state index in [0.717, 1.165) is 0 Å². The van der Waals surface area contributed by atoms with Crippen LogP contribution >= 0.6 is 0 Å². The predicted molar refractivity (Wildman–Crippen MR) is 51.9 cm³/mol. The van der Waals surface area contributed by atoms with Crippen LogP contribution in [0.15, 0.2) is 6.20 Å². The Morgan fingerprint density at radius 2 is 1.94 bits per heavy atom. The highest BCUT2D eigenvalue weighted by molar-refractivity contribution is 5.49. The van der Waals surface area contributed by atoms with E-state index in [-0.39, 0.29) is 23.7 Å². The van der Waals surface area contributed by atoms with Crippen molar-refractivity contribution in [2.24, 2.45) is 5.73 Å². The summed E-state index contributed by atoms with van der Waals surface area (Å²) in [6.45, 7) is -0.201. The lowest BCUT2D eigenvalue weighted by molar-refractivity contribution is -0.275. The van der Waals surface area contributed by atoms with Crippen molar-refractivity contribution < 1.29 is 27.4 Å². The summed E-state index contributed by atoms with van der Waals surface area (Å²) in [5.74, 6) is -0.780. The van der Waals surface area contributed by atoms with E-state index in [1.54, 1.807) is 0 Å². The molecule has 0 spiro atoms. The Bertz CT molecular complexity index is 396. The largest absolute Gasteiger partial charge is 0.573 e. The Hall–Kier alpha value is -1.70. The lowest BCUT2D eigenvalue weighted by Crippen LogP contribution is -2.20. The molecule has 1 heterocycles. The van der Waals surface area contributed by atoms with Gasteiger partial charge in [0.2, 0.25) is 0 Å². The van der Waals surface area contributed by atoms with Crippen molar-refractivity contribution in [3.05, 3.63) is 11.8 Å². The van der Waals surface area contributed by atoms with Crippen LogP contribution in [0.4, 0.5) is 13.2 Å². The van der Waals surface area contributed by atoms with Crippen LogP contribution in [0, 0.1) is 0 Å². The molecule has 1 aromatic heterocycles. The number of pyridine rings is 1. The van der Waals surface area contributed by atoms with Crippen LogP contribution in [-0.4, -0.2) is 25.6 Å². The van der Waals surface area contributed by atoms with Gasteiger partial charge in [-0.05, 0) is 0 Å². The number of aromatic nitrogens is 1. The van der Waals surface area contributed by atoms with Crippen LogP contribution in [0.25, 0.3) is 0 Å². The Morgan fingerprint density at radius 1 is 1.29 bits per heavy atom. The first-order valence-corrected chi connectivity index (χ1v) is 4.48. The zero-order valence-electron chi connectivity index (χ0n) is 9.17. The standard InChI is InChI=1S/C9H11F3N2O3/c1-15-6-4-14-8(16-2)7(5(6)3-13)17-9(10,11)12/h4H,3,13H2,1-2H3. The third-order valence-corrected chi connectivity index (χ3v) is 1.90. The van der Waals surface area contributed by atoms with E-state index in [9.17, 15) is 13.2 Å². The normalized spacial score (nSPS) is 11.2. The van der Waals surface area contributed by atoms with Crippen LogP contribution in [-0.2, 0) is 6.54 Å². The van der Waals surface area contributed by atoms with Gasteiger partial charge in [-0.1, -0.05) is 0 Å². The minimum atomic E-state index is -4.86. The van der Waals surface area contributed by atoms with Gasteiger partial charge in [-0.2, -0.15) is 0 Å². The summed E-state index contributed by atoms with van der Waals surface area (Å²) in [5.41, 5.74) is 5.40. The molecule has 0 aliphatic carbocycles. The van der Waals surface area contributed by atoms with E-state index >= 15 is 0 Å². The monoisotopic (exact) mass is 252 g/mol. The molecular weight excluding hydrogens is 241 g/mol. The highest BCUT2D eigenvalue weighted by atomic mass is 19.4. The topological polar surface area (TPSA) is 66.6 Å². The van der Waals surface area contributed by atoms with Gasteiger partial charge in [0.1, 0.15) is 5.75 Å². The smallest absolute Gasteiger partial charge is 0.495 e. The van der Waals surface area contributed by atoms with Crippen molar-refractivity contribution in [2.75, 3.05) is 14.2 Å². The van der Waals surface area contributed by atoms with E-state index in [0.29, 0.717) is 0 Å². The summed E-state index contributed by atoms with van der Waals surface area (Å²) in [7, 11) is 2.47. The molecule has 0 aliphatic heterocycles. The van der Waals surface area contributed by atoms with Crippen LogP contribution in [0.1, 0.15) is 5.56 Å². The molecule has 5 nitrogen and oxygen atoms in total. The van der Waals surface area contributed by atoms with Crippen molar-refractivity contribution in [2.45, 2.75) is 12.9 Å². The maximum Gasteiger partial charge on any atom is 0.573 e. The molecule has 0 bridgehead atoms. The van der Waals surface area contributed by atoms with Gasteiger partial charge in [0.05, 0.1) is 26.0 Å². The summed E-state index contributed by atoms with van der Waals surface area (Å²) < 4.78 is 50.0. The number of methoxy groups -OCH3 is 2. The van der Waals surface area contributed by atoms with Crippen molar-refractivity contribution in [1.82, 2.24) is 4.98 Å². The number of alkyl halides is 3. The number of rotatable bonds is 4. The number of nitrogens with zero attached hydrogens (tertiary/aromatic N) is 1. The second kappa shape index (κ2) is 5.09. The van der Waals surface area contributed by atoms with E-state index in [4.69, 9.17) is 10.5 Å². The van der Waals surface area contributed by atoms with E-state index in [1.807, 2.05) is 0 Å². The fourth-order valence-corrected chi connectivity index (χ4v) is 1.23. The van der Waals surface area contributed by atoms with Gasteiger partial charge < -0.3 is 19.9 Å². The van der Waals surface area contributed by atoms with Gasteiger partial charge in [-0.15, -0.1) is 13.2 Å². The second-order valence-electron chi connectivity index (χ2n) is 2.90. The number of nitrogens with two attached hydrogens (primary N) is 1. The molecule has 0 amide bonds. The predicted octanol–water partition coefficient (Wildman–Crippen LogP) is 1.46. The average molecular weight is 252 g/mol. The fraction of sp³-hybridized carbons (Fsp3) is 0.444. The van der Waals surface area contributed by atoms with Crippen molar-refractivity contribution in [1.29, 1.82) is 0 Å². The molecule has 1 rings (SSSR count). The number of halogens is 3. The molecule has 17 heavy (non-hydrogen) atoms. The molecule has 0 aromatic carbocycles. The fourth-order valence-electron chi connectivity index (χ4n) is 1.23. The number of ether oxygens (including phenoxy) is 3. The number of hydrogen-bond donors (Lipinski definition) is 1. The third kappa shape index (κ3) is 3.13. The van der Waals surface area contributed by atoms with E-state index < -0.39 is 12.1 Å². The molecule has 0 fully saturated rings. The first kappa shape index (κ1) is 13.4. The Kier molecular flexibility index (Phi) is 4.00. The van der Waals surface area contributed by atoms with Crippen LogP contribution in [0.3, 0.4) is 0 Å². The SMILES string of the molecule is COc1cnc(OC)c(OC(F)(F)F)c1CN. The van der Waals surface area contributed by atoms with Gasteiger partial charge in [-0.25, -0.2) is 4.98 Å². The minimum absolute atomic E-state index is 0.0386. The Labute approximate surface area is 95.3 Å². The van der Waals surface area contributed by atoms with Crippen molar-refractivity contribution in [3.63, 3.8) is 0 Å². The summed E-state index contributed by atoms with van der Waals surface area (Å²) >= 11 is 0. The number of hydrogen-bond acceptors (Lipinski definition) is 5. The van der Waals surface area contributed by atoms with Crippen molar-refractivity contribution in [3.8, 4) is 17.4 Å². The Morgan fingerprint density at radius 3 is 2.35 bits per heavy atom. The molecule has 2 N–H and O–H groups in total. The molecular formula is C9H11F3N2O3. The van der Waals surface area contributed by atoms with Gasteiger partial charge in [0.25, 0.3) is 5.88 Å². The lowest BCUT2D eigenvalue weighted by atomic mass is 10.2. The second-order valence-corrected chi connectivity index (χ2v) is 2.90. The molecule has 0 saturated heterocycles.